The van der Waals surface area contributed by atoms with E-state index in [9.17, 15) is 9.90 Å². The number of hydrogen-bond acceptors (Lipinski definition) is 3. The molecule has 1 aromatic carbocycles. The number of benzene rings is 1. The summed E-state index contributed by atoms with van der Waals surface area (Å²) < 4.78 is 5.66. The number of hydrogen-bond donors (Lipinski definition) is 2. The normalized spacial score (nSPS) is 21.5. The van der Waals surface area contributed by atoms with Crippen LogP contribution in [0.5, 0.6) is 5.75 Å². The van der Waals surface area contributed by atoms with E-state index in [2.05, 4.69) is 11.4 Å². The molecule has 1 heterocycles. The summed E-state index contributed by atoms with van der Waals surface area (Å²) in [6.07, 6.45) is 0.416. The molecule has 2 unspecified atom stereocenters. The molecule has 0 saturated carbocycles. The molecule has 22 heavy (non-hydrogen) atoms. The number of nitrogens with one attached hydrogen (secondary N) is 1. The van der Waals surface area contributed by atoms with Gasteiger partial charge >= 0.3 is 6.03 Å². The Balaban J connectivity index is 1.71. The van der Waals surface area contributed by atoms with E-state index in [1.807, 2.05) is 32.9 Å². The highest BCUT2D eigenvalue weighted by molar-refractivity contribution is 5.74. The third-order valence-corrected chi connectivity index (χ3v) is 4.05. The fraction of sp³-hybridized carbons (Fsp3) is 0.588. The molecule has 1 fully saturated rings. The molecule has 2 atom stereocenters. The van der Waals surface area contributed by atoms with Gasteiger partial charge in [0.05, 0.1) is 12.6 Å². The highest BCUT2D eigenvalue weighted by Gasteiger charge is 2.26. The minimum Gasteiger partial charge on any atom is -0.492 e. The molecule has 0 spiro atoms. The number of aliphatic hydroxyl groups excluding tert-OH is 1. The number of piperidine rings is 1. The maximum Gasteiger partial charge on any atom is 0.317 e. The van der Waals surface area contributed by atoms with Crippen LogP contribution in [0.15, 0.2) is 18.2 Å². The zero-order chi connectivity index (χ0) is 16.1. The van der Waals surface area contributed by atoms with Gasteiger partial charge in [-0.1, -0.05) is 13.0 Å². The summed E-state index contributed by atoms with van der Waals surface area (Å²) in [5.41, 5.74) is 2.32. The molecule has 1 aliphatic heterocycles. The van der Waals surface area contributed by atoms with Crippen molar-refractivity contribution in [2.45, 2.75) is 33.3 Å². The summed E-state index contributed by atoms with van der Waals surface area (Å²) in [4.78, 5) is 13.7. The summed E-state index contributed by atoms with van der Waals surface area (Å²) in [5, 5.41) is 12.7. The van der Waals surface area contributed by atoms with Crippen LogP contribution in [0.2, 0.25) is 0 Å². The number of aryl methyl sites for hydroxylation is 2. The number of urea groups is 1. The lowest BCUT2D eigenvalue weighted by atomic mass is 9.96. The summed E-state index contributed by atoms with van der Waals surface area (Å²) >= 11 is 0. The van der Waals surface area contributed by atoms with Crippen LogP contribution in [0.4, 0.5) is 4.79 Å². The molecule has 5 nitrogen and oxygen atoms in total. The summed E-state index contributed by atoms with van der Waals surface area (Å²) in [6, 6.07) is 5.93. The Morgan fingerprint density at radius 3 is 2.68 bits per heavy atom. The Labute approximate surface area is 132 Å². The largest absolute Gasteiger partial charge is 0.492 e. The Hall–Kier alpha value is -1.75. The van der Waals surface area contributed by atoms with Gasteiger partial charge < -0.3 is 20.1 Å². The van der Waals surface area contributed by atoms with E-state index in [4.69, 9.17) is 4.74 Å². The smallest absolute Gasteiger partial charge is 0.317 e. The molecule has 0 aromatic heterocycles. The minimum absolute atomic E-state index is 0.130. The number of aliphatic hydroxyl groups is 1. The molecule has 1 aliphatic rings. The molecule has 0 radical (unpaired) electrons. The van der Waals surface area contributed by atoms with Crippen molar-refractivity contribution in [2.75, 3.05) is 26.2 Å². The van der Waals surface area contributed by atoms with Crippen molar-refractivity contribution in [2.24, 2.45) is 5.92 Å². The number of β-amino-alcohol motifs (C(OH)–C–C–N with tert-alkyl or cyclic N) is 1. The van der Waals surface area contributed by atoms with Crippen molar-refractivity contribution in [3.05, 3.63) is 29.3 Å². The van der Waals surface area contributed by atoms with E-state index in [1.165, 1.54) is 0 Å². The number of ether oxygens (including phenoxy) is 1. The quantitative estimate of drug-likeness (QED) is 0.837. The fourth-order valence-corrected chi connectivity index (χ4v) is 2.69. The SMILES string of the molecule is Cc1cc(C)cc(OCCNC(=O)N2CCC(C)C(O)C2)c1. The van der Waals surface area contributed by atoms with E-state index >= 15 is 0 Å². The predicted molar refractivity (Wildman–Crippen MR) is 86.2 cm³/mol. The van der Waals surface area contributed by atoms with Gasteiger partial charge in [-0.25, -0.2) is 4.79 Å². The van der Waals surface area contributed by atoms with Crippen LogP contribution in [-0.2, 0) is 0 Å². The minimum atomic E-state index is -0.425. The number of rotatable bonds is 4. The van der Waals surface area contributed by atoms with Gasteiger partial charge in [0.15, 0.2) is 0 Å². The van der Waals surface area contributed by atoms with Crippen molar-refractivity contribution in [1.29, 1.82) is 0 Å². The summed E-state index contributed by atoms with van der Waals surface area (Å²) in [6.45, 7) is 8.06. The number of nitrogens with zero attached hydrogens (tertiary/aromatic N) is 1. The maximum atomic E-state index is 12.0. The molecule has 2 rings (SSSR count). The Kier molecular flexibility index (Phi) is 5.66. The number of amides is 2. The molecule has 0 aliphatic carbocycles. The Bertz CT molecular complexity index is 498. The molecule has 122 valence electrons. The molecule has 5 heteroatoms. The van der Waals surface area contributed by atoms with Gasteiger partial charge in [-0.15, -0.1) is 0 Å². The Morgan fingerprint density at radius 1 is 1.36 bits per heavy atom. The van der Waals surface area contributed by atoms with Crippen LogP contribution in [0, 0.1) is 19.8 Å². The zero-order valence-corrected chi connectivity index (χ0v) is 13.6. The second kappa shape index (κ2) is 7.49. The average Bonchev–Trinajstić information content (AvgIpc) is 2.45. The predicted octanol–water partition coefficient (Wildman–Crippen LogP) is 2.09. The number of carbonyl (C=O) groups is 1. The first-order valence-electron chi connectivity index (χ1n) is 7.87. The highest BCUT2D eigenvalue weighted by Crippen LogP contribution is 2.17. The van der Waals surface area contributed by atoms with E-state index < -0.39 is 6.10 Å². The Morgan fingerprint density at radius 2 is 2.05 bits per heavy atom. The molecular formula is C17H26N2O3. The van der Waals surface area contributed by atoms with Crippen LogP contribution in [0.3, 0.4) is 0 Å². The number of likely N-dealkylation sites (tertiary alicyclic amines) is 1. The van der Waals surface area contributed by atoms with E-state index in [0.717, 1.165) is 23.3 Å². The van der Waals surface area contributed by atoms with Crippen molar-refractivity contribution in [3.63, 3.8) is 0 Å². The van der Waals surface area contributed by atoms with Crippen LogP contribution < -0.4 is 10.1 Å². The molecule has 1 aromatic rings. The topological polar surface area (TPSA) is 61.8 Å². The maximum absolute atomic E-state index is 12.0. The van der Waals surface area contributed by atoms with Gasteiger partial charge in [0.25, 0.3) is 0 Å². The van der Waals surface area contributed by atoms with E-state index in [0.29, 0.717) is 26.2 Å². The van der Waals surface area contributed by atoms with Gasteiger partial charge in [-0.3, -0.25) is 0 Å². The van der Waals surface area contributed by atoms with Gasteiger partial charge in [-0.05, 0) is 49.4 Å². The molecule has 1 saturated heterocycles. The van der Waals surface area contributed by atoms with Crippen molar-refractivity contribution < 1.29 is 14.6 Å². The van der Waals surface area contributed by atoms with Crippen molar-refractivity contribution in [3.8, 4) is 5.75 Å². The van der Waals surface area contributed by atoms with Gasteiger partial charge in [0.2, 0.25) is 0 Å². The van der Waals surface area contributed by atoms with Gasteiger partial charge in [0, 0.05) is 13.1 Å². The van der Waals surface area contributed by atoms with Crippen LogP contribution in [0.1, 0.15) is 24.5 Å². The lowest BCUT2D eigenvalue weighted by molar-refractivity contribution is 0.0434. The van der Waals surface area contributed by atoms with Crippen LogP contribution >= 0.6 is 0 Å². The lowest BCUT2D eigenvalue weighted by Crippen LogP contribution is -2.50. The number of carbonyl (C=O) groups excluding carboxylic acids is 1. The standard InChI is InChI=1S/C17H26N2O3/c1-12-8-13(2)10-15(9-12)22-7-5-18-17(21)19-6-4-14(3)16(20)11-19/h8-10,14,16,20H,4-7,11H2,1-3H3,(H,18,21). The summed E-state index contributed by atoms with van der Waals surface area (Å²) in [7, 11) is 0. The monoisotopic (exact) mass is 306 g/mol. The zero-order valence-electron chi connectivity index (χ0n) is 13.6. The second-order valence-electron chi connectivity index (χ2n) is 6.18. The first-order chi connectivity index (χ1) is 10.5. The lowest BCUT2D eigenvalue weighted by Gasteiger charge is -2.34. The van der Waals surface area contributed by atoms with Gasteiger partial charge in [-0.2, -0.15) is 0 Å². The first-order valence-corrected chi connectivity index (χ1v) is 7.87. The molecule has 2 amide bonds. The summed E-state index contributed by atoms with van der Waals surface area (Å²) in [5.74, 6) is 1.09. The van der Waals surface area contributed by atoms with Crippen LogP contribution in [0.25, 0.3) is 0 Å². The van der Waals surface area contributed by atoms with E-state index in [-0.39, 0.29) is 11.9 Å². The van der Waals surface area contributed by atoms with Crippen LogP contribution in [-0.4, -0.2) is 48.4 Å². The molecule has 0 bridgehead atoms. The fourth-order valence-electron chi connectivity index (χ4n) is 2.69. The van der Waals surface area contributed by atoms with Crippen molar-refractivity contribution >= 4 is 6.03 Å². The molecule has 2 N–H and O–H groups in total. The third-order valence-electron chi connectivity index (χ3n) is 4.05. The first kappa shape index (κ1) is 16.6. The second-order valence-corrected chi connectivity index (χ2v) is 6.18. The van der Waals surface area contributed by atoms with Gasteiger partial charge in [0.1, 0.15) is 12.4 Å². The average molecular weight is 306 g/mol. The highest BCUT2D eigenvalue weighted by atomic mass is 16.5. The van der Waals surface area contributed by atoms with Crippen molar-refractivity contribution in [1.82, 2.24) is 10.2 Å². The molecular weight excluding hydrogens is 280 g/mol. The third kappa shape index (κ3) is 4.63. The van der Waals surface area contributed by atoms with E-state index in [1.54, 1.807) is 4.90 Å².